The molecule has 1 unspecified atom stereocenters. The van der Waals surface area contributed by atoms with E-state index in [1.165, 1.54) is 0 Å². The summed E-state index contributed by atoms with van der Waals surface area (Å²) in [6.45, 7) is 7.83. The Morgan fingerprint density at radius 3 is 2.07 bits per heavy atom. The Labute approximate surface area is 86.2 Å². The van der Waals surface area contributed by atoms with E-state index in [9.17, 15) is 4.57 Å². The molecule has 0 heterocycles. The number of hydrogen-bond donors (Lipinski definition) is 1. The van der Waals surface area contributed by atoms with Crippen LogP contribution >= 0.6 is 7.29 Å². The van der Waals surface area contributed by atoms with Crippen molar-refractivity contribution in [1.82, 2.24) is 5.09 Å². The molecule has 0 aromatic heterocycles. The summed E-state index contributed by atoms with van der Waals surface area (Å²) in [5.74, 6) is 0. The van der Waals surface area contributed by atoms with Crippen molar-refractivity contribution in [3.8, 4) is 0 Å². The smallest absolute Gasteiger partial charge is 0.173 e. The van der Waals surface area contributed by atoms with Gasteiger partial charge in [0.1, 0.15) is 0 Å². The zero-order valence-corrected chi connectivity index (χ0v) is 10.1. The van der Waals surface area contributed by atoms with Crippen molar-refractivity contribution >= 4 is 12.6 Å². The Kier molecular flexibility index (Phi) is 3.18. The lowest BCUT2D eigenvalue weighted by Crippen LogP contribution is -2.35. The fraction of sp³-hybridized carbons (Fsp3) is 0.455. The van der Waals surface area contributed by atoms with E-state index in [4.69, 9.17) is 0 Å². The molecule has 0 saturated heterocycles. The van der Waals surface area contributed by atoms with E-state index in [-0.39, 0.29) is 5.54 Å². The van der Waals surface area contributed by atoms with Crippen molar-refractivity contribution in [2.75, 3.05) is 6.66 Å². The van der Waals surface area contributed by atoms with Crippen LogP contribution < -0.4 is 10.4 Å². The SMILES string of the molecule is CC(C)(C)NP(C)(=O)c1ccccc1. The Hall–Kier alpha value is -0.590. The first-order valence-electron chi connectivity index (χ1n) is 4.74. The molecular formula is C11H18NOP. The molecule has 0 radical (unpaired) electrons. The predicted molar refractivity (Wildman–Crippen MR) is 62.5 cm³/mol. The van der Waals surface area contributed by atoms with E-state index in [1.807, 2.05) is 51.1 Å². The maximum Gasteiger partial charge on any atom is 0.173 e. The van der Waals surface area contributed by atoms with E-state index in [0.29, 0.717) is 0 Å². The zero-order chi connectivity index (χ0) is 10.8. The zero-order valence-electron chi connectivity index (χ0n) is 9.24. The fourth-order valence-electron chi connectivity index (χ4n) is 1.42. The van der Waals surface area contributed by atoms with Gasteiger partial charge in [-0.2, -0.15) is 0 Å². The lowest BCUT2D eigenvalue weighted by atomic mass is 10.1. The van der Waals surface area contributed by atoms with Gasteiger partial charge in [0, 0.05) is 17.5 Å². The molecule has 0 amide bonds. The molecule has 2 nitrogen and oxygen atoms in total. The van der Waals surface area contributed by atoms with Crippen LogP contribution in [0, 0.1) is 0 Å². The van der Waals surface area contributed by atoms with Gasteiger partial charge >= 0.3 is 0 Å². The standard InChI is InChI=1S/C11H18NOP/c1-11(2,3)12-14(4,13)10-8-6-5-7-9-10/h5-9H,1-4H3,(H,12,13). The van der Waals surface area contributed by atoms with Crippen LogP contribution in [0.2, 0.25) is 0 Å². The van der Waals surface area contributed by atoms with Gasteiger partial charge in [0.05, 0.1) is 0 Å². The quantitative estimate of drug-likeness (QED) is 0.762. The van der Waals surface area contributed by atoms with Crippen molar-refractivity contribution < 1.29 is 4.57 Å². The highest BCUT2D eigenvalue weighted by Gasteiger charge is 2.23. The van der Waals surface area contributed by atoms with Gasteiger partial charge in [-0.05, 0) is 20.8 Å². The topological polar surface area (TPSA) is 29.1 Å². The molecule has 1 atom stereocenters. The highest BCUT2D eigenvalue weighted by Crippen LogP contribution is 2.37. The highest BCUT2D eigenvalue weighted by molar-refractivity contribution is 7.69. The summed E-state index contributed by atoms with van der Waals surface area (Å²) in [5, 5.41) is 4.05. The van der Waals surface area contributed by atoms with Crippen LogP contribution in [0.4, 0.5) is 0 Å². The second-order valence-corrected chi connectivity index (χ2v) is 7.21. The maximum absolute atomic E-state index is 12.3. The first kappa shape index (κ1) is 11.5. The molecule has 0 aliphatic rings. The Morgan fingerprint density at radius 2 is 1.64 bits per heavy atom. The minimum absolute atomic E-state index is 0.125. The van der Waals surface area contributed by atoms with Gasteiger partial charge in [-0.15, -0.1) is 0 Å². The fourth-order valence-corrected chi connectivity index (χ4v) is 3.57. The van der Waals surface area contributed by atoms with Crippen LogP contribution in [-0.4, -0.2) is 12.2 Å². The molecule has 0 spiro atoms. The molecule has 0 aliphatic heterocycles. The first-order valence-corrected chi connectivity index (χ1v) is 6.89. The van der Waals surface area contributed by atoms with Gasteiger partial charge in [0.2, 0.25) is 0 Å². The minimum Gasteiger partial charge on any atom is -0.302 e. The highest BCUT2D eigenvalue weighted by atomic mass is 31.2. The monoisotopic (exact) mass is 211 g/mol. The molecule has 1 rings (SSSR count). The normalized spacial score (nSPS) is 16.3. The van der Waals surface area contributed by atoms with Crippen LogP contribution in [0.25, 0.3) is 0 Å². The summed E-state index contributed by atoms with van der Waals surface area (Å²) in [4.78, 5) is 0. The molecule has 3 heteroatoms. The van der Waals surface area contributed by atoms with Gasteiger partial charge in [-0.3, -0.25) is 5.09 Å². The molecular weight excluding hydrogens is 193 g/mol. The number of rotatable bonds is 2. The van der Waals surface area contributed by atoms with Crippen molar-refractivity contribution in [2.45, 2.75) is 26.3 Å². The Bertz CT molecular complexity index is 340. The van der Waals surface area contributed by atoms with Crippen molar-refractivity contribution in [1.29, 1.82) is 0 Å². The van der Waals surface area contributed by atoms with E-state index in [1.54, 1.807) is 6.66 Å². The molecule has 14 heavy (non-hydrogen) atoms. The third-order valence-electron chi connectivity index (χ3n) is 1.80. The predicted octanol–water partition coefficient (Wildman–Crippen LogP) is 2.61. The molecule has 1 aromatic carbocycles. The average molecular weight is 211 g/mol. The van der Waals surface area contributed by atoms with Gasteiger partial charge in [0.25, 0.3) is 0 Å². The van der Waals surface area contributed by atoms with Crippen LogP contribution in [0.3, 0.4) is 0 Å². The largest absolute Gasteiger partial charge is 0.302 e. The van der Waals surface area contributed by atoms with Crippen LogP contribution in [0.1, 0.15) is 20.8 Å². The van der Waals surface area contributed by atoms with E-state index in [0.717, 1.165) is 5.30 Å². The third-order valence-corrected chi connectivity index (χ3v) is 4.18. The van der Waals surface area contributed by atoms with Crippen molar-refractivity contribution in [3.63, 3.8) is 0 Å². The lowest BCUT2D eigenvalue weighted by Gasteiger charge is -2.26. The molecule has 0 fully saturated rings. The van der Waals surface area contributed by atoms with Crippen molar-refractivity contribution in [2.24, 2.45) is 0 Å². The Morgan fingerprint density at radius 1 is 1.14 bits per heavy atom. The number of benzene rings is 1. The van der Waals surface area contributed by atoms with E-state index >= 15 is 0 Å². The summed E-state index contributed by atoms with van der Waals surface area (Å²) in [5.41, 5.74) is -0.125. The average Bonchev–Trinajstić information content (AvgIpc) is 2.01. The second kappa shape index (κ2) is 3.88. The van der Waals surface area contributed by atoms with Crippen LogP contribution in [-0.2, 0) is 4.57 Å². The summed E-state index contributed by atoms with van der Waals surface area (Å²) in [6, 6.07) is 9.56. The van der Waals surface area contributed by atoms with Gasteiger partial charge < -0.3 is 4.57 Å². The lowest BCUT2D eigenvalue weighted by molar-refractivity contribution is 0.497. The molecule has 78 valence electrons. The number of hydrogen-bond acceptors (Lipinski definition) is 1. The van der Waals surface area contributed by atoms with Crippen LogP contribution in [0.5, 0.6) is 0 Å². The molecule has 0 bridgehead atoms. The minimum atomic E-state index is -2.42. The second-order valence-electron chi connectivity index (χ2n) is 4.62. The van der Waals surface area contributed by atoms with Gasteiger partial charge in [-0.25, -0.2) is 0 Å². The van der Waals surface area contributed by atoms with Gasteiger partial charge in [-0.1, -0.05) is 30.3 Å². The Balaban J connectivity index is 2.93. The summed E-state index contributed by atoms with van der Waals surface area (Å²) in [7, 11) is -2.42. The number of nitrogens with one attached hydrogen (secondary N) is 1. The van der Waals surface area contributed by atoms with Gasteiger partial charge in [0.15, 0.2) is 7.29 Å². The van der Waals surface area contributed by atoms with E-state index < -0.39 is 7.29 Å². The maximum atomic E-state index is 12.3. The first-order chi connectivity index (χ1) is 6.31. The summed E-state index contributed by atoms with van der Waals surface area (Å²) in [6.07, 6.45) is 0. The van der Waals surface area contributed by atoms with Crippen LogP contribution in [0.15, 0.2) is 30.3 Å². The molecule has 0 aliphatic carbocycles. The van der Waals surface area contributed by atoms with Crippen molar-refractivity contribution in [3.05, 3.63) is 30.3 Å². The summed E-state index contributed by atoms with van der Waals surface area (Å²) < 4.78 is 12.3. The van der Waals surface area contributed by atoms with E-state index in [2.05, 4.69) is 5.09 Å². The third kappa shape index (κ3) is 3.28. The molecule has 1 N–H and O–H groups in total. The molecule has 0 saturated carbocycles. The summed E-state index contributed by atoms with van der Waals surface area (Å²) >= 11 is 0. The molecule has 1 aromatic rings.